The van der Waals surface area contributed by atoms with E-state index in [1.165, 1.54) is 0 Å². The fourth-order valence-electron chi connectivity index (χ4n) is 4.84. The van der Waals surface area contributed by atoms with Gasteiger partial charge in [0.1, 0.15) is 11.5 Å². The molecule has 6 rings (SSSR count). The number of esters is 1. The molecule has 6 heteroatoms. The van der Waals surface area contributed by atoms with Crippen LogP contribution in [-0.4, -0.2) is 25.9 Å². The van der Waals surface area contributed by atoms with Gasteiger partial charge in [0.2, 0.25) is 6.79 Å². The second-order valence-corrected chi connectivity index (χ2v) is 7.77. The van der Waals surface area contributed by atoms with Crippen LogP contribution < -0.4 is 19.1 Å². The molecule has 0 aromatic heterocycles. The van der Waals surface area contributed by atoms with Crippen molar-refractivity contribution in [2.75, 3.05) is 24.8 Å². The summed E-state index contributed by atoms with van der Waals surface area (Å²) in [6.45, 7) is 6.16. The zero-order valence-electron chi connectivity index (χ0n) is 17.3. The number of hydrogen-bond acceptors (Lipinski definition) is 6. The zero-order chi connectivity index (χ0) is 21.2. The minimum absolute atomic E-state index is 0.153. The number of carbonyl (C=O) groups excluding carboxylic acids is 1. The van der Waals surface area contributed by atoms with Gasteiger partial charge in [-0.15, -0.1) is 0 Å². The zero-order valence-corrected chi connectivity index (χ0v) is 17.3. The molecule has 0 saturated carbocycles. The summed E-state index contributed by atoms with van der Waals surface area (Å²) in [6.07, 6.45) is 0. The quantitative estimate of drug-likeness (QED) is 0.571. The number of ether oxygens (including phenoxy) is 4. The first-order valence-electron chi connectivity index (χ1n) is 10.5. The number of benzene rings is 3. The van der Waals surface area contributed by atoms with Gasteiger partial charge in [-0.25, -0.2) is 4.79 Å². The molecule has 3 heterocycles. The molecule has 0 bridgehead atoms. The lowest BCUT2D eigenvalue weighted by Crippen LogP contribution is -2.33. The molecule has 6 nitrogen and oxygen atoms in total. The number of anilines is 1. The Morgan fingerprint density at radius 2 is 1.58 bits per heavy atom. The van der Waals surface area contributed by atoms with E-state index in [-0.39, 0.29) is 12.8 Å². The fourth-order valence-corrected chi connectivity index (χ4v) is 4.84. The summed E-state index contributed by atoms with van der Waals surface area (Å²) in [5, 5.41) is 0. The summed E-state index contributed by atoms with van der Waals surface area (Å²) in [5.74, 6) is 2.15. The highest BCUT2D eigenvalue weighted by Gasteiger charge is 2.54. The first-order valence-corrected chi connectivity index (χ1v) is 10.5. The SMILES string of the molecule is CCN(CC)c1ccc2c(c1)Oc1cc3c(cc1C21OC(=O)c2ccccc21)OCO3. The van der Waals surface area contributed by atoms with Crippen molar-refractivity contribution >= 4 is 11.7 Å². The molecule has 1 atom stereocenters. The summed E-state index contributed by atoms with van der Waals surface area (Å²) in [7, 11) is 0. The van der Waals surface area contributed by atoms with Gasteiger partial charge in [-0.3, -0.25) is 0 Å². The molecule has 3 aromatic rings. The molecular weight excluding hydrogens is 394 g/mol. The lowest BCUT2D eigenvalue weighted by Gasteiger charge is -2.37. The van der Waals surface area contributed by atoms with E-state index in [0.717, 1.165) is 35.5 Å². The van der Waals surface area contributed by atoms with Gasteiger partial charge in [0.25, 0.3) is 0 Å². The summed E-state index contributed by atoms with van der Waals surface area (Å²) < 4.78 is 23.8. The second-order valence-electron chi connectivity index (χ2n) is 7.77. The number of hydrogen-bond donors (Lipinski definition) is 0. The maximum atomic E-state index is 12.9. The third-order valence-corrected chi connectivity index (χ3v) is 6.32. The van der Waals surface area contributed by atoms with Crippen LogP contribution in [0, 0.1) is 0 Å². The van der Waals surface area contributed by atoms with Crippen molar-refractivity contribution in [3.63, 3.8) is 0 Å². The molecule has 1 spiro atoms. The molecule has 156 valence electrons. The highest BCUT2D eigenvalue weighted by Crippen LogP contribution is 2.58. The van der Waals surface area contributed by atoms with Gasteiger partial charge in [0, 0.05) is 42.0 Å². The summed E-state index contributed by atoms with van der Waals surface area (Å²) in [4.78, 5) is 15.2. The Kier molecular flexibility index (Phi) is 3.75. The molecule has 31 heavy (non-hydrogen) atoms. The molecule has 0 N–H and O–H groups in total. The lowest BCUT2D eigenvalue weighted by atomic mass is 9.77. The van der Waals surface area contributed by atoms with Gasteiger partial charge in [-0.2, -0.15) is 0 Å². The Bertz CT molecular complexity index is 1230. The van der Waals surface area contributed by atoms with Gasteiger partial charge >= 0.3 is 5.97 Å². The first-order chi connectivity index (χ1) is 15.2. The van der Waals surface area contributed by atoms with Crippen molar-refractivity contribution in [1.29, 1.82) is 0 Å². The van der Waals surface area contributed by atoms with E-state index in [4.69, 9.17) is 18.9 Å². The monoisotopic (exact) mass is 415 g/mol. The molecule has 0 saturated heterocycles. The second kappa shape index (κ2) is 6.41. The largest absolute Gasteiger partial charge is 0.456 e. The molecule has 0 fully saturated rings. The van der Waals surface area contributed by atoms with Gasteiger partial charge in [-0.1, -0.05) is 18.2 Å². The Hall–Kier alpha value is -3.67. The van der Waals surface area contributed by atoms with Gasteiger partial charge < -0.3 is 23.8 Å². The Morgan fingerprint density at radius 3 is 2.39 bits per heavy atom. The van der Waals surface area contributed by atoms with Crippen molar-refractivity contribution in [1.82, 2.24) is 0 Å². The standard InChI is InChI=1S/C25H21NO5/c1-3-26(4-2)15-9-10-18-20(11-15)30-21-13-23-22(28-14-29-23)12-19(21)25(18)17-8-6-5-7-16(17)24(27)31-25/h5-13H,3-4,14H2,1-2H3. The molecular formula is C25H21NO5. The van der Waals surface area contributed by atoms with Crippen LogP contribution in [0.15, 0.2) is 54.6 Å². The van der Waals surface area contributed by atoms with E-state index >= 15 is 0 Å². The normalized spacial score (nSPS) is 19.4. The van der Waals surface area contributed by atoms with E-state index in [9.17, 15) is 4.79 Å². The van der Waals surface area contributed by atoms with Crippen molar-refractivity contribution in [3.8, 4) is 23.0 Å². The highest BCUT2D eigenvalue weighted by atomic mass is 16.7. The number of carbonyl (C=O) groups is 1. The minimum atomic E-state index is -1.10. The van der Waals surface area contributed by atoms with E-state index in [1.807, 2.05) is 42.5 Å². The van der Waals surface area contributed by atoms with E-state index in [1.54, 1.807) is 6.07 Å². The Morgan fingerprint density at radius 1 is 0.839 bits per heavy atom. The fraction of sp³-hybridized carbons (Fsp3) is 0.240. The smallest absolute Gasteiger partial charge is 0.340 e. The van der Waals surface area contributed by atoms with Crippen molar-refractivity contribution in [2.45, 2.75) is 19.4 Å². The maximum Gasteiger partial charge on any atom is 0.340 e. The summed E-state index contributed by atoms with van der Waals surface area (Å²) in [6, 6.07) is 17.3. The van der Waals surface area contributed by atoms with Gasteiger partial charge in [-0.05, 0) is 38.1 Å². The summed E-state index contributed by atoms with van der Waals surface area (Å²) in [5.41, 5.74) is 2.86. The molecule has 0 radical (unpaired) electrons. The molecule has 3 aliphatic heterocycles. The van der Waals surface area contributed by atoms with Crippen LogP contribution in [-0.2, 0) is 10.3 Å². The topological polar surface area (TPSA) is 57.2 Å². The van der Waals surface area contributed by atoms with Crippen LogP contribution >= 0.6 is 0 Å². The number of fused-ring (bicyclic) bond motifs is 7. The lowest BCUT2D eigenvalue weighted by molar-refractivity contribution is 0.0224. The van der Waals surface area contributed by atoms with Gasteiger partial charge in [0.05, 0.1) is 11.1 Å². The average Bonchev–Trinajstić information content (AvgIpc) is 3.36. The number of nitrogens with zero attached hydrogens (tertiary/aromatic N) is 1. The molecule has 1 unspecified atom stereocenters. The van der Waals surface area contributed by atoms with Crippen LogP contribution in [0.5, 0.6) is 23.0 Å². The predicted octanol–water partition coefficient (Wildman–Crippen LogP) is 4.83. The van der Waals surface area contributed by atoms with Crippen LogP contribution in [0.4, 0.5) is 5.69 Å². The van der Waals surface area contributed by atoms with E-state index in [0.29, 0.717) is 28.6 Å². The third kappa shape index (κ3) is 2.36. The summed E-state index contributed by atoms with van der Waals surface area (Å²) >= 11 is 0. The third-order valence-electron chi connectivity index (χ3n) is 6.32. The van der Waals surface area contributed by atoms with Crippen LogP contribution in [0.2, 0.25) is 0 Å². The first kappa shape index (κ1) is 18.1. The Balaban J connectivity index is 1.64. The average molecular weight is 415 g/mol. The van der Waals surface area contributed by atoms with Crippen LogP contribution in [0.3, 0.4) is 0 Å². The predicted molar refractivity (Wildman–Crippen MR) is 114 cm³/mol. The Labute approximate surface area is 179 Å². The van der Waals surface area contributed by atoms with E-state index < -0.39 is 5.60 Å². The number of rotatable bonds is 3. The van der Waals surface area contributed by atoms with Crippen LogP contribution in [0.1, 0.15) is 40.9 Å². The molecule has 0 amide bonds. The van der Waals surface area contributed by atoms with Crippen molar-refractivity contribution in [3.05, 3.63) is 76.9 Å². The minimum Gasteiger partial charge on any atom is -0.456 e. The van der Waals surface area contributed by atoms with Crippen molar-refractivity contribution < 1.29 is 23.7 Å². The maximum absolute atomic E-state index is 12.9. The van der Waals surface area contributed by atoms with Crippen molar-refractivity contribution in [2.24, 2.45) is 0 Å². The molecule has 3 aliphatic rings. The highest BCUT2D eigenvalue weighted by molar-refractivity contribution is 5.97. The molecule has 3 aromatic carbocycles. The van der Waals surface area contributed by atoms with Gasteiger partial charge in [0.15, 0.2) is 17.1 Å². The molecule has 0 aliphatic carbocycles. The van der Waals surface area contributed by atoms with Crippen LogP contribution in [0.25, 0.3) is 0 Å². The van der Waals surface area contributed by atoms with E-state index in [2.05, 4.69) is 24.8 Å².